The first-order valence-corrected chi connectivity index (χ1v) is 6.05. The van der Waals surface area contributed by atoms with Crippen LogP contribution in [0.5, 0.6) is 0 Å². The molecule has 2 atom stereocenters. The molecule has 1 rings (SSSR count). The van der Waals surface area contributed by atoms with Gasteiger partial charge >= 0.3 is 6.09 Å². The van der Waals surface area contributed by atoms with Crippen LogP contribution < -0.4 is 5.73 Å². The first-order chi connectivity index (χ1) is 7.29. The van der Waals surface area contributed by atoms with E-state index in [-0.39, 0.29) is 18.2 Å². The number of rotatable bonds is 2. The molecule has 0 bridgehead atoms. The standard InChI is InChI=1S/C12H24N2O2/c1-9(13)8-10-6-5-7-14(10)11(15)16-12(2,3)4/h9-10H,5-8,13H2,1-4H3/t9?,10-/m0/s1. The minimum Gasteiger partial charge on any atom is -0.444 e. The Bertz CT molecular complexity index is 246. The lowest BCUT2D eigenvalue weighted by Gasteiger charge is -2.29. The van der Waals surface area contributed by atoms with Gasteiger partial charge in [-0.25, -0.2) is 4.79 Å². The molecule has 1 unspecified atom stereocenters. The number of carbonyl (C=O) groups is 1. The van der Waals surface area contributed by atoms with Crippen molar-refractivity contribution in [3.05, 3.63) is 0 Å². The second kappa shape index (κ2) is 5.04. The Kier molecular flexibility index (Phi) is 4.19. The Morgan fingerprint density at radius 2 is 2.19 bits per heavy atom. The summed E-state index contributed by atoms with van der Waals surface area (Å²) in [7, 11) is 0. The zero-order valence-electron chi connectivity index (χ0n) is 10.8. The Labute approximate surface area is 98.1 Å². The van der Waals surface area contributed by atoms with Crippen molar-refractivity contribution in [2.24, 2.45) is 5.73 Å². The van der Waals surface area contributed by atoms with Gasteiger partial charge in [-0.3, -0.25) is 0 Å². The van der Waals surface area contributed by atoms with E-state index < -0.39 is 5.60 Å². The highest BCUT2D eigenvalue weighted by molar-refractivity contribution is 5.68. The quantitative estimate of drug-likeness (QED) is 0.787. The normalized spacial score (nSPS) is 23.3. The maximum absolute atomic E-state index is 11.9. The van der Waals surface area contributed by atoms with Gasteiger partial charge in [0.25, 0.3) is 0 Å². The lowest BCUT2D eigenvalue weighted by atomic mass is 10.1. The van der Waals surface area contributed by atoms with Gasteiger partial charge in [0.05, 0.1) is 0 Å². The molecule has 16 heavy (non-hydrogen) atoms. The average molecular weight is 228 g/mol. The predicted molar refractivity (Wildman–Crippen MR) is 64.2 cm³/mol. The second-order valence-corrected chi connectivity index (χ2v) is 5.68. The van der Waals surface area contributed by atoms with Crippen LogP contribution in [0, 0.1) is 0 Å². The summed E-state index contributed by atoms with van der Waals surface area (Å²) in [5.41, 5.74) is 5.36. The number of likely N-dealkylation sites (tertiary alicyclic amines) is 1. The molecule has 0 aromatic heterocycles. The van der Waals surface area contributed by atoms with Gasteiger partial charge in [-0.1, -0.05) is 0 Å². The third kappa shape index (κ3) is 4.00. The van der Waals surface area contributed by atoms with E-state index in [0.717, 1.165) is 25.8 Å². The van der Waals surface area contributed by atoms with Crippen LogP contribution in [0.3, 0.4) is 0 Å². The zero-order valence-corrected chi connectivity index (χ0v) is 10.8. The van der Waals surface area contributed by atoms with Gasteiger partial charge in [-0.2, -0.15) is 0 Å². The number of carbonyl (C=O) groups excluding carboxylic acids is 1. The minimum absolute atomic E-state index is 0.132. The van der Waals surface area contributed by atoms with Gasteiger partial charge in [-0.15, -0.1) is 0 Å². The van der Waals surface area contributed by atoms with Crippen molar-refractivity contribution in [2.45, 2.75) is 64.6 Å². The first kappa shape index (κ1) is 13.3. The van der Waals surface area contributed by atoms with E-state index in [1.807, 2.05) is 32.6 Å². The van der Waals surface area contributed by atoms with Crippen LogP contribution >= 0.6 is 0 Å². The maximum atomic E-state index is 11.9. The largest absolute Gasteiger partial charge is 0.444 e. The van der Waals surface area contributed by atoms with E-state index in [9.17, 15) is 4.79 Å². The van der Waals surface area contributed by atoms with E-state index in [0.29, 0.717) is 0 Å². The molecule has 94 valence electrons. The molecule has 1 aliphatic rings. The van der Waals surface area contributed by atoms with Crippen LogP contribution in [0.2, 0.25) is 0 Å². The second-order valence-electron chi connectivity index (χ2n) is 5.68. The highest BCUT2D eigenvalue weighted by Gasteiger charge is 2.32. The summed E-state index contributed by atoms with van der Waals surface area (Å²) >= 11 is 0. The van der Waals surface area contributed by atoms with Crippen molar-refractivity contribution in [2.75, 3.05) is 6.54 Å². The molecule has 1 amide bonds. The first-order valence-electron chi connectivity index (χ1n) is 6.05. The van der Waals surface area contributed by atoms with Gasteiger partial charge in [0, 0.05) is 18.6 Å². The van der Waals surface area contributed by atoms with Gasteiger partial charge in [0.15, 0.2) is 0 Å². The summed E-state index contributed by atoms with van der Waals surface area (Å²) < 4.78 is 5.38. The van der Waals surface area contributed by atoms with E-state index in [1.54, 1.807) is 0 Å². The van der Waals surface area contributed by atoms with Gasteiger partial charge in [0.1, 0.15) is 5.60 Å². The number of amides is 1. The van der Waals surface area contributed by atoms with Crippen molar-refractivity contribution >= 4 is 6.09 Å². The topological polar surface area (TPSA) is 55.6 Å². The molecule has 4 heteroatoms. The Morgan fingerprint density at radius 1 is 1.56 bits per heavy atom. The molecule has 1 aliphatic heterocycles. The van der Waals surface area contributed by atoms with Crippen molar-refractivity contribution in [1.29, 1.82) is 0 Å². The summed E-state index contributed by atoms with van der Waals surface area (Å²) in [5.74, 6) is 0. The molecular weight excluding hydrogens is 204 g/mol. The maximum Gasteiger partial charge on any atom is 0.410 e. The molecule has 0 saturated carbocycles. The number of hydrogen-bond acceptors (Lipinski definition) is 3. The number of ether oxygens (including phenoxy) is 1. The highest BCUT2D eigenvalue weighted by Crippen LogP contribution is 2.23. The Balaban J connectivity index is 2.54. The number of nitrogens with zero attached hydrogens (tertiary/aromatic N) is 1. The van der Waals surface area contributed by atoms with Crippen LogP contribution in [0.25, 0.3) is 0 Å². The molecular formula is C12H24N2O2. The molecule has 0 aromatic rings. The summed E-state index contributed by atoms with van der Waals surface area (Å²) in [6.07, 6.45) is 2.76. The Morgan fingerprint density at radius 3 is 2.69 bits per heavy atom. The van der Waals surface area contributed by atoms with Crippen molar-refractivity contribution < 1.29 is 9.53 Å². The fraction of sp³-hybridized carbons (Fsp3) is 0.917. The van der Waals surface area contributed by atoms with Crippen LogP contribution in [0.4, 0.5) is 4.79 Å². The molecule has 2 N–H and O–H groups in total. The third-order valence-electron chi connectivity index (χ3n) is 2.65. The fourth-order valence-corrected chi connectivity index (χ4v) is 2.07. The van der Waals surface area contributed by atoms with Gasteiger partial charge in [0.2, 0.25) is 0 Å². The summed E-state index contributed by atoms with van der Waals surface area (Å²) in [5, 5.41) is 0. The molecule has 4 nitrogen and oxygen atoms in total. The van der Waals surface area contributed by atoms with Crippen molar-refractivity contribution in [3.63, 3.8) is 0 Å². The van der Waals surface area contributed by atoms with Crippen molar-refractivity contribution in [1.82, 2.24) is 4.90 Å². The zero-order chi connectivity index (χ0) is 12.3. The Hall–Kier alpha value is -0.770. The molecule has 0 radical (unpaired) electrons. The molecule has 1 heterocycles. The number of hydrogen-bond donors (Lipinski definition) is 1. The molecule has 0 spiro atoms. The summed E-state index contributed by atoms with van der Waals surface area (Å²) in [4.78, 5) is 13.7. The van der Waals surface area contributed by atoms with E-state index in [4.69, 9.17) is 10.5 Å². The van der Waals surface area contributed by atoms with Crippen LogP contribution in [0.1, 0.15) is 47.0 Å². The monoisotopic (exact) mass is 228 g/mol. The molecule has 0 aliphatic carbocycles. The van der Waals surface area contributed by atoms with E-state index in [2.05, 4.69) is 0 Å². The van der Waals surface area contributed by atoms with Crippen LogP contribution in [0.15, 0.2) is 0 Å². The predicted octanol–water partition coefficient (Wildman–Crippen LogP) is 2.12. The SMILES string of the molecule is CC(N)C[C@@H]1CCCN1C(=O)OC(C)(C)C. The molecule has 0 aromatic carbocycles. The van der Waals surface area contributed by atoms with E-state index >= 15 is 0 Å². The van der Waals surface area contributed by atoms with Gasteiger partial charge in [-0.05, 0) is 47.0 Å². The average Bonchev–Trinajstić information content (AvgIpc) is 2.47. The molecule has 1 fully saturated rings. The molecule has 1 saturated heterocycles. The summed E-state index contributed by atoms with van der Waals surface area (Å²) in [6.45, 7) is 8.45. The van der Waals surface area contributed by atoms with Crippen molar-refractivity contribution in [3.8, 4) is 0 Å². The minimum atomic E-state index is -0.418. The van der Waals surface area contributed by atoms with Gasteiger partial charge < -0.3 is 15.4 Å². The van der Waals surface area contributed by atoms with Crippen LogP contribution in [-0.2, 0) is 4.74 Å². The smallest absolute Gasteiger partial charge is 0.410 e. The lowest BCUT2D eigenvalue weighted by Crippen LogP contribution is -2.41. The van der Waals surface area contributed by atoms with E-state index in [1.165, 1.54) is 0 Å². The lowest BCUT2D eigenvalue weighted by molar-refractivity contribution is 0.0217. The number of nitrogens with two attached hydrogens (primary N) is 1. The highest BCUT2D eigenvalue weighted by atomic mass is 16.6. The summed E-state index contributed by atoms with van der Waals surface area (Å²) in [6, 6.07) is 0.392. The fourth-order valence-electron chi connectivity index (χ4n) is 2.07. The van der Waals surface area contributed by atoms with Crippen LogP contribution in [-0.4, -0.2) is 35.2 Å². The third-order valence-corrected chi connectivity index (χ3v) is 2.65.